The molecule has 14 nitrogen and oxygen atoms in total. The number of carbonyl (C=O) groups excluding carboxylic acids is 1. The van der Waals surface area contributed by atoms with Crippen LogP contribution in [0.15, 0.2) is 89.3 Å². The second-order valence-electron chi connectivity index (χ2n) is 18.3. The first-order valence-corrected chi connectivity index (χ1v) is 23.6. The molecule has 15 heteroatoms. The van der Waals surface area contributed by atoms with Crippen molar-refractivity contribution in [3.8, 4) is 11.5 Å². The quantitative estimate of drug-likeness (QED) is 0.0784. The second kappa shape index (κ2) is 17.4. The van der Waals surface area contributed by atoms with E-state index in [9.17, 15) is 23.2 Å². The van der Waals surface area contributed by atoms with Crippen LogP contribution in [-0.2, 0) is 10.0 Å². The van der Waals surface area contributed by atoms with E-state index in [1.54, 1.807) is 24.5 Å². The summed E-state index contributed by atoms with van der Waals surface area (Å²) in [6.45, 7) is 8.05. The molecule has 5 aromatic rings. The third-order valence-corrected chi connectivity index (χ3v) is 15.3. The van der Waals surface area contributed by atoms with Crippen LogP contribution in [-0.4, -0.2) is 78.1 Å². The van der Waals surface area contributed by atoms with E-state index in [2.05, 4.69) is 73.1 Å². The normalized spacial score (nSPS) is 21.7. The number of aromatic nitrogens is 3. The Hall–Kier alpha value is -5.38. The third kappa shape index (κ3) is 8.54. The predicted molar refractivity (Wildman–Crippen MR) is 239 cm³/mol. The minimum absolute atomic E-state index is 0.0780. The van der Waals surface area contributed by atoms with Gasteiger partial charge >= 0.3 is 0 Å². The number of anilines is 2. The summed E-state index contributed by atoms with van der Waals surface area (Å²) < 4.78 is 35.8. The summed E-state index contributed by atoms with van der Waals surface area (Å²) in [5.74, 6) is 1.29. The first-order valence-electron chi connectivity index (χ1n) is 22.1. The van der Waals surface area contributed by atoms with Crippen molar-refractivity contribution in [1.29, 1.82) is 0 Å². The fourth-order valence-electron chi connectivity index (χ4n) is 10.6. The molecule has 326 valence electrons. The van der Waals surface area contributed by atoms with Gasteiger partial charge in [-0.25, -0.2) is 23.1 Å². The number of benzene rings is 2. The lowest BCUT2D eigenvalue weighted by Gasteiger charge is -2.56. The molecule has 2 aliphatic heterocycles. The molecule has 4 N–H and O–H groups in total. The third-order valence-electron chi connectivity index (χ3n) is 14.0. The lowest BCUT2D eigenvalue weighted by atomic mass is 9.60. The molecule has 4 fully saturated rings. The van der Waals surface area contributed by atoms with E-state index in [-0.39, 0.29) is 34.4 Å². The first kappa shape index (κ1) is 41.9. The maximum atomic E-state index is 13.9. The number of amides is 1. The SMILES string of the molecule is CC(C)c1ccccc1[C@@H]1CCCN1C1CC2(CCN(c3cc(Oc4cnc5[nH]ccc5c4)c(C(=O)NS(=O)(=O)c4ccc(NC[C@@H]5CCC(CO)C5)c(N=O)c4)cn3)CC2)C1. The molecule has 3 aromatic heterocycles. The van der Waals surface area contributed by atoms with E-state index < -0.39 is 15.9 Å². The monoisotopic (exact) mass is 860 g/mol. The highest BCUT2D eigenvalue weighted by molar-refractivity contribution is 7.90. The molecule has 1 spiro atoms. The number of nitrogens with one attached hydrogen (secondary N) is 3. The van der Waals surface area contributed by atoms with E-state index >= 15 is 0 Å². The molecule has 2 aliphatic carbocycles. The summed E-state index contributed by atoms with van der Waals surface area (Å²) in [5, 5.41) is 16.6. The average molecular weight is 861 g/mol. The maximum Gasteiger partial charge on any atom is 0.270 e. The molecule has 0 radical (unpaired) electrons. The number of pyridine rings is 2. The van der Waals surface area contributed by atoms with Gasteiger partial charge in [-0.15, -0.1) is 4.91 Å². The number of H-pyrrole nitrogens is 1. The molecule has 5 heterocycles. The standard InChI is InChI=1S/C47H56N8O6S/c1-30(2)37-6-3-4-7-38(37)42-8-5-17-55(42)34-24-47(25-34)14-18-54(19-15-47)44-23-43(61-35-21-33-13-16-48-45(33)51-27-35)39(28-50-44)46(57)53-62(59,60)36-11-12-40(41(22-36)52-58)49-26-31-9-10-32(20-31)29-56/h3-4,6-7,11-13,16,21-23,27-28,30-32,34,42,49,56H,5,8-10,14-15,17-20,24-26,29H2,1-2H3,(H,48,51)(H,53,57)/t31-,32?,42+/m1/s1. The number of aliphatic hydroxyl groups is 1. The Morgan fingerprint density at radius 2 is 1.81 bits per heavy atom. The van der Waals surface area contributed by atoms with E-state index in [0.717, 1.165) is 63.2 Å². The number of carbonyl (C=O) groups is 1. The summed E-state index contributed by atoms with van der Waals surface area (Å²) in [5.41, 5.74) is 4.16. The maximum absolute atomic E-state index is 13.9. The van der Waals surface area contributed by atoms with Crippen molar-refractivity contribution in [1.82, 2.24) is 24.6 Å². The Kier molecular flexibility index (Phi) is 11.8. The molecule has 1 amide bonds. The summed E-state index contributed by atoms with van der Waals surface area (Å²) in [7, 11) is -4.45. The van der Waals surface area contributed by atoms with Crippen LogP contribution in [0.2, 0.25) is 0 Å². The lowest BCUT2D eigenvalue weighted by Crippen LogP contribution is -2.55. The molecule has 62 heavy (non-hydrogen) atoms. The van der Waals surface area contributed by atoms with E-state index in [1.165, 1.54) is 55.1 Å². The number of hydrogen-bond donors (Lipinski definition) is 4. The molecule has 2 aromatic carbocycles. The molecular weight excluding hydrogens is 805 g/mol. The van der Waals surface area contributed by atoms with Crippen LogP contribution in [0.5, 0.6) is 11.5 Å². The number of piperidine rings is 1. The molecule has 9 rings (SSSR count). The summed E-state index contributed by atoms with van der Waals surface area (Å²) in [6.07, 6.45) is 14.4. The zero-order valence-corrected chi connectivity index (χ0v) is 36.2. The van der Waals surface area contributed by atoms with Crippen molar-refractivity contribution in [2.75, 3.05) is 43.0 Å². The molecular formula is C47H56N8O6S. The van der Waals surface area contributed by atoms with Gasteiger partial charge in [0.15, 0.2) is 0 Å². The fourth-order valence-corrected chi connectivity index (χ4v) is 11.6. The molecule has 3 atom stereocenters. The number of rotatable bonds is 14. The first-order chi connectivity index (χ1) is 30.0. The number of nitrogens with zero attached hydrogens (tertiary/aromatic N) is 5. The highest BCUT2D eigenvalue weighted by Gasteiger charge is 2.50. The number of hydrogen-bond acceptors (Lipinski definition) is 12. The second-order valence-corrected chi connectivity index (χ2v) is 20.0. The van der Waals surface area contributed by atoms with Gasteiger partial charge in [0.05, 0.1) is 16.8 Å². The Morgan fingerprint density at radius 3 is 2.58 bits per heavy atom. The smallest absolute Gasteiger partial charge is 0.270 e. The minimum atomic E-state index is -4.45. The van der Waals surface area contributed by atoms with Crippen molar-refractivity contribution >= 4 is 44.2 Å². The van der Waals surface area contributed by atoms with Gasteiger partial charge in [-0.2, -0.15) is 0 Å². The van der Waals surface area contributed by atoms with Crippen LogP contribution in [0.1, 0.15) is 105 Å². The average Bonchev–Trinajstić information content (AvgIpc) is 4.06. The van der Waals surface area contributed by atoms with Crippen molar-refractivity contribution in [2.24, 2.45) is 22.4 Å². The molecule has 1 unspecified atom stereocenters. The van der Waals surface area contributed by atoms with Gasteiger partial charge in [0.2, 0.25) is 0 Å². The number of aromatic amines is 1. The van der Waals surface area contributed by atoms with Gasteiger partial charge in [0.25, 0.3) is 15.9 Å². The van der Waals surface area contributed by atoms with Crippen LogP contribution in [0.25, 0.3) is 11.0 Å². The highest BCUT2D eigenvalue weighted by Crippen LogP contribution is 2.54. The van der Waals surface area contributed by atoms with Crippen molar-refractivity contribution in [2.45, 2.75) is 94.5 Å². The van der Waals surface area contributed by atoms with Gasteiger partial charge < -0.3 is 25.0 Å². The Morgan fingerprint density at radius 1 is 1.00 bits per heavy atom. The highest BCUT2D eigenvalue weighted by atomic mass is 32.2. The molecule has 0 bridgehead atoms. The Balaban J connectivity index is 0.891. The van der Waals surface area contributed by atoms with Crippen LogP contribution in [0, 0.1) is 22.2 Å². The number of nitroso groups, excluding NO2 is 1. The van der Waals surface area contributed by atoms with Gasteiger partial charge in [-0.1, -0.05) is 38.1 Å². The minimum Gasteiger partial charge on any atom is -0.455 e. The predicted octanol–water partition coefficient (Wildman–Crippen LogP) is 8.80. The Labute approximate surface area is 362 Å². The number of aliphatic hydroxyl groups excluding tert-OH is 1. The van der Waals surface area contributed by atoms with Gasteiger partial charge in [-0.05, 0) is 134 Å². The number of likely N-dealkylation sites (tertiary alicyclic amines) is 1. The molecule has 4 aliphatic rings. The Bertz CT molecular complexity index is 2550. The van der Waals surface area contributed by atoms with E-state index in [4.69, 9.17) is 9.72 Å². The van der Waals surface area contributed by atoms with Crippen molar-refractivity contribution in [3.05, 3.63) is 101 Å². The summed E-state index contributed by atoms with van der Waals surface area (Å²) in [6, 6.07) is 19.4. The van der Waals surface area contributed by atoms with E-state index in [0.29, 0.717) is 58.8 Å². The van der Waals surface area contributed by atoms with Gasteiger partial charge in [-0.3, -0.25) is 9.69 Å². The summed E-state index contributed by atoms with van der Waals surface area (Å²) in [4.78, 5) is 42.7. The zero-order valence-electron chi connectivity index (χ0n) is 35.4. The zero-order chi connectivity index (χ0) is 43.0. The van der Waals surface area contributed by atoms with Crippen molar-refractivity contribution < 1.29 is 23.1 Å². The number of ether oxygens (including phenoxy) is 1. The summed E-state index contributed by atoms with van der Waals surface area (Å²) >= 11 is 0. The lowest BCUT2D eigenvalue weighted by molar-refractivity contribution is -0.0228. The van der Waals surface area contributed by atoms with Crippen LogP contribution in [0.3, 0.4) is 0 Å². The molecule has 2 saturated heterocycles. The van der Waals surface area contributed by atoms with E-state index in [1.807, 2.05) is 6.07 Å². The van der Waals surface area contributed by atoms with Gasteiger partial charge in [0, 0.05) is 62.2 Å². The number of fused-ring (bicyclic) bond motifs is 1. The van der Waals surface area contributed by atoms with Crippen LogP contribution >= 0.6 is 0 Å². The van der Waals surface area contributed by atoms with Gasteiger partial charge in [0.1, 0.15) is 34.2 Å². The van der Waals surface area contributed by atoms with Crippen LogP contribution in [0.4, 0.5) is 17.2 Å². The van der Waals surface area contributed by atoms with Crippen molar-refractivity contribution in [3.63, 3.8) is 0 Å². The largest absolute Gasteiger partial charge is 0.455 e. The fraction of sp³-hybridized carbons (Fsp3) is 0.468. The van der Waals surface area contributed by atoms with Crippen LogP contribution < -0.4 is 19.7 Å². The number of sulfonamides is 1. The topological polar surface area (TPSA) is 182 Å². The molecule has 2 saturated carbocycles.